The van der Waals surface area contributed by atoms with Crippen LogP contribution in [0.3, 0.4) is 0 Å². The third-order valence-electron chi connectivity index (χ3n) is 9.94. The number of carbonyl (C=O) groups is 3. The van der Waals surface area contributed by atoms with Crippen LogP contribution in [-0.2, 0) is 28.6 Å². The van der Waals surface area contributed by atoms with E-state index >= 15 is 0 Å². The maximum absolute atomic E-state index is 12.7. The second kappa shape index (κ2) is 42.6. The molecule has 0 N–H and O–H groups in total. The molecule has 0 spiro atoms. The Morgan fingerprint density at radius 2 is 0.717 bits per heavy atom. The van der Waals surface area contributed by atoms with Gasteiger partial charge in [0.1, 0.15) is 13.2 Å². The molecule has 0 saturated carbocycles. The summed E-state index contributed by atoms with van der Waals surface area (Å²) in [6, 6.07) is 0. The molecular weight excluding hydrogens is 661 g/mol. The zero-order valence-electron chi connectivity index (χ0n) is 35.3. The molecule has 0 aromatic heterocycles. The van der Waals surface area contributed by atoms with Crippen LogP contribution in [0, 0.1) is 0 Å². The van der Waals surface area contributed by atoms with E-state index in [-0.39, 0.29) is 31.1 Å². The molecule has 0 aromatic rings. The highest BCUT2D eigenvalue weighted by molar-refractivity contribution is 5.71. The van der Waals surface area contributed by atoms with E-state index in [9.17, 15) is 14.4 Å². The number of allylic oxidation sites excluding steroid dienone is 4. The van der Waals surface area contributed by atoms with Crippen LogP contribution < -0.4 is 0 Å². The molecule has 0 bridgehead atoms. The lowest BCUT2D eigenvalue weighted by Crippen LogP contribution is -2.30. The Morgan fingerprint density at radius 1 is 0.377 bits per heavy atom. The molecule has 0 fully saturated rings. The fourth-order valence-corrected chi connectivity index (χ4v) is 6.48. The number of hydrogen-bond donors (Lipinski definition) is 0. The van der Waals surface area contributed by atoms with Gasteiger partial charge in [-0.1, -0.05) is 199 Å². The van der Waals surface area contributed by atoms with Crippen molar-refractivity contribution in [3.63, 3.8) is 0 Å². The lowest BCUT2D eigenvalue weighted by Gasteiger charge is -2.18. The molecule has 0 radical (unpaired) electrons. The van der Waals surface area contributed by atoms with Crippen LogP contribution in [0.2, 0.25) is 0 Å². The standard InChI is InChI=1S/C47H86O6/c1-4-7-10-13-16-19-21-23-25-28-31-34-37-40-46(49)52-43-44(42-51-45(48)39-36-33-30-27-18-15-12-9-6-3)53-47(50)41-38-35-32-29-26-24-22-20-17-14-11-8-5-2/h10,13,19,21,44H,4-9,11-12,14-18,20,22-43H2,1-3H3/b13-10-,21-19-. The Morgan fingerprint density at radius 3 is 1.11 bits per heavy atom. The molecule has 6 nitrogen and oxygen atoms in total. The van der Waals surface area contributed by atoms with E-state index in [0.29, 0.717) is 19.3 Å². The Balaban J connectivity index is 4.35. The van der Waals surface area contributed by atoms with E-state index < -0.39 is 6.10 Å². The number of unbranched alkanes of at least 4 members (excludes halogenated alkanes) is 26. The molecule has 0 rings (SSSR count). The SMILES string of the molecule is CCC/C=C\C/C=C\CCCCCCCC(=O)OCC(COC(=O)CCCCCCCCCCC)OC(=O)CCCCCCCCCCCCCCC. The van der Waals surface area contributed by atoms with E-state index in [1.165, 1.54) is 116 Å². The van der Waals surface area contributed by atoms with Crippen molar-refractivity contribution < 1.29 is 28.6 Å². The summed E-state index contributed by atoms with van der Waals surface area (Å²) in [6.07, 6.45) is 45.8. The van der Waals surface area contributed by atoms with Gasteiger partial charge >= 0.3 is 17.9 Å². The van der Waals surface area contributed by atoms with Crippen LogP contribution in [0.1, 0.15) is 239 Å². The normalized spacial score (nSPS) is 12.1. The monoisotopic (exact) mass is 747 g/mol. The van der Waals surface area contributed by atoms with Crippen molar-refractivity contribution in [2.45, 2.75) is 245 Å². The molecule has 1 unspecified atom stereocenters. The first kappa shape index (κ1) is 50.9. The second-order valence-electron chi connectivity index (χ2n) is 15.3. The fourth-order valence-electron chi connectivity index (χ4n) is 6.48. The average molecular weight is 747 g/mol. The first-order valence-electron chi connectivity index (χ1n) is 22.8. The summed E-state index contributed by atoms with van der Waals surface area (Å²) in [4.78, 5) is 37.7. The van der Waals surface area contributed by atoms with Gasteiger partial charge in [-0.25, -0.2) is 0 Å². The van der Waals surface area contributed by atoms with Gasteiger partial charge in [0.2, 0.25) is 0 Å². The maximum atomic E-state index is 12.7. The highest BCUT2D eigenvalue weighted by Crippen LogP contribution is 2.15. The smallest absolute Gasteiger partial charge is 0.306 e. The number of hydrogen-bond acceptors (Lipinski definition) is 6. The van der Waals surface area contributed by atoms with Gasteiger partial charge in [-0.05, 0) is 44.9 Å². The van der Waals surface area contributed by atoms with Gasteiger partial charge in [0.25, 0.3) is 0 Å². The summed E-state index contributed by atoms with van der Waals surface area (Å²) in [5.41, 5.74) is 0. The van der Waals surface area contributed by atoms with Gasteiger partial charge in [-0.3, -0.25) is 14.4 Å². The summed E-state index contributed by atoms with van der Waals surface area (Å²) in [7, 11) is 0. The summed E-state index contributed by atoms with van der Waals surface area (Å²) < 4.78 is 16.7. The summed E-state index contributed by atoms with van der Waals surface area (Å²) >= 11 is 0. The van der Waals surface area contributed by atoms with Crippen LogP contribution in [-0.4, -0.2) is 37.2 Å². The molecule has 0 aliphatic carbocycles. The van der Waals surface area contributed by atoms with Crippen LogP contribution in [0.25, 0.3) is 0 Å². The summed E-state index contributed by atoms with van der Waals surface area (Å²) in [6.45, 7) is 6.54. The molecule has 310 valence electrons. The molecule has 0 saturated heterocycles. The van der Waals surface area contributed by atoms with Crippen LogP contribution in [0.5, 0.6) is 0 Å². The predicted molar refractivity (Wildman–Crippen MR) is 224 cm³/mol. The molecule has 0 aliphatic rings. The zero-order chi connectivity index (χ0) is 38.7. The Hall–Kier alpha value is -2.11. The van der Waals surface area contributed by atoms with E-state index in [2.05, 4.69) is 45.1 Å². The van der Waals surface area contributed by atoms with Crippen LogP contribution >= 0.6 is 0 Å². The minimum Gasteiger partial charge on any atom is -0.462 e. The lowest BCUT2D eigenvalue weighted by molar-refractivity contribution is -0.167. The van der Waals surface area contributed by atoms with Crippen LogP contribution in [0.15, 0.2) is 24.3 Å². The van der Waals surface area contributed by atoms with E-state index in [1.807, 2.05) is 0 Å². The molecule has 6 heteroatoms. The van der Waals surface area contributed by atoms with Crippen molar-refractivity contribution in [1.29, 1.82) is 0 Å². The minimum absolute atomic E-state index is 0.0721. The Labute approximate surface area is 328 Å². The van der Waals surface area contributed by atoms with Gasteiger partial charge in [-0.2, -0.15) is 0 Å². The number of rotatable bonds is 41. The minimum atomic E-state index is -0.768. The van der Waals surface area contributed by atoms with E-state index in [1.54, 1.807) is 0 Å². The van der Waals surface area contributed by atoms with Crippen molar-refractivity contribution in [2.75, 3.05) is 13.2 Å². The molecule has 53 heavy (non-hydrogen) atoms. The van der Waals surface area contributed by atoms with Crippen molar-refractivity contribution >= 4 is 17.9 Å². The van der Waals surface area contributed by atoms with Gasteiger partial charge in [0.05, 0.1) is 0 Å². The predicted octanol–water partition coefficient (Wildman–Crippen LogP) is 14.4. The Bertz CT molecular complexity index is 865. The van der Waals surface area contributed by atoms with Gasteiger partial charge < -0.3 is 14.2 Å². The molecule has 1 atom stereocenters. The molecule has 0 aliphatic heterocycles. The number of esters is 3. The zero-order valence-corrected chi connectivity index (χ0v) is 35.3. The van der Waals surface area contributed by atoms with Crippen molar-refractivity contribution in [2.24, 2.45) is 0 Å². The third kappa shape index (κ3) is 40.9. The fraction of sp³-hybridized carbons (Fsp3) is 0.851. The van der Waals surface area contributed by atoms with Crippen molar-refractivity contribution in [1.82, 2.24) is 0 Å². The number of carbonyl (C=O) groups excluding carboxylic acids is 3. The first-order valence-corrected chi connectivity index (χ1v) is 22.8. The van der Waals surface area contributed by atoms with Gasteiger partial charge in [0.15, 0.2) is 6.10 Å². The molecular formula is C47H86O6. The topological polar surface area (TPSA) is 78.9 Å². The van der Waals surface area contributed by atoms with Crippen molar-refractivity contribution in [3.05, 3.63) is 24.3 Å². The average Bonchev–Trinajstić information content (AvgIpc) is 3.15. The highest BCUT2D eigenvalue weighted by atomic mass is 16.6. The number of ether oxygens (including phenoxy) is 3. The van der Waals surface area contributed by atoms with E-state index in [0.717, 1.165) is 83.5 Å². The first-order chi connectivity index (χ1) is 26.0. The van der Waals surface area contributed by atoms with Gasteiger partial charge in [-0.15, -0.1) is 0 Å². The second-order valence-corrected chi connectivity index (χ2v) is 15.3. The Kier molecular flexibility index (Phi) is 40.9. The highest BCUT2D eigenvalue weighted by Gasteiger charge is 2.19. The molecule has 0 heterocycles. The van der Waals surface area contributed by atoms with Crippen molar-refractivity contribution in [3.8, 4) is 0 Å². The summed E-state index contributed by atoms with van der Waals surface area (Å²) in [5.74, 6) is -0.884. The third-order valence-corrected chi connectivity index (χ3v) is 9.94. The molecule has 0 aromatic carbocycles. The maximum Gasteiger partial charge on any atom is 0.306 e. The summed E-state index contributed by atoms with van der Waals surface area (Å²) in [5, 5.41) is 0. The van der Waals surface area contributed by atoms with E-state index in [4.69, 9.17) is 14.2 Å². The molecule has 0 amide bonds. The quantitative estimate of drug-likeness (QED) is 0.0268. The van der Waals surface area contributed by atoms with Crippen LogP contribution in [0.4, 0.5) is 0 Å². The van der Waals surface area contributed by atoms with Gasteiger partial charge in [0, 0.05) is 19.3 Å². The lowest BCUT2D eigenvalue weighted by atomic mass is 10.0. The largest absolute Gasteiger partial charge is 0.462 e.